The van der Waals surface area contributed by atoms with Crippen molar-refractivity contribution >= 4 is 21.1 Å². The number of ether oxygens (including phenoxy) is 1. The molecule has 0 fully saturated rings. The van der Waals surface area contributed by atoms with Crippen molar-refractivity contribution in [2.45, 2.75) is 6.54 Å². The van der Waals surface area contributed by atoms with E-state index in [4.69, 9.17) is 14.0 Å². The van der Waals surface area contributed by atoms with Crippen molar-refractivity contribution in [3.63, 3.8) is 0 Å². The third-order valence-electron chi connectivity index (χ3n) is 3.57. The lowest BCUT2D eigenvalue weighted by Crippen LogP contribution is -2.30. The maximum Gasteiger partial charge on any atom is 0.274 e. The van der Waals surface area contributed by atoms with E-state index in [0.29, 0.717) is 5.52 Å². The molecule has 0 saturated carbocycles. The standard InChI is InChI=1S/C17H17N3O3S/c1-23-14-6-7-16-15(8-9-19-17(16)10-14)13-4-2-12(3-5-13)11-20-24(18,21)22/h2-10,20H,11H2,1H3,(H2,18,21,22)/i1D3. The molecule has 7 heteroatoms. The Kier molecular flexibility index (Phi) is 3.52. The lowest BCUT2D eigenvalue weighted by Gasteiger charge is -2.09. The Balaban J connectivity index is 1.90. The van der Waals surface area contributed by atoms with Crippen molar-refractivity contribution in [1.29, 1.82) is 0 Å². The Hall–Kier alpha value is -2.48. The maximum atomic E-state index is 11.0. The Labute approximate surface area is 144 Å². The van der Waals surface area contributed by atoms with E-state index in [9.17, 15) is 8.42 Å². The number of rotatable bonds is 5. The van der Waals surface area contributed by atoms with Gasteiger partial charge in [-0.25, -0.2) is 5.14 Å². The van der Waals surface area contributed by atoms with Crippen LogP contribution in [0.1, 0.15) is 9.68 Å². The molecule has 3 N–H and O–H groups in total. The molecule has 0 aliphatic carbocycles. The van der Waals surface area contributed by atoms with Gasteiger partial charge in [-0.3, -0.25) is 4.98 Å². The Morgan fingerprint density at radius 2 is 2.00 bits per heavy atom. The molecular weight excluding hydrogens is 326 g/mol. The van der Waals surface area contributed by atoms with E-state index in [2.05, 4.69) is 9.71 Å². The number of nitrogens with zero attached hydrogens (tertiary/aromatic N) is 1. The Morgan fingerprint density at radius 3 is 2.71 bits per heavy atom. The number of benzene rings is 2. The Bertz CT molecular complexity index is 1070. The summed E-state index contributed by atoms with van der Waals surface area (Å²) in [6.45, 7) is 0.103. The lowest BCUT2D eigenvalue weighted by molar-refractivity contribution is 0.415. The number of fused-ring (bicyclic) bond motifs is 1. The maximum absolute atomic E-state index is 11.0. The molecule has 0 atom stereocenters. The predicted molar refractivity (Wildman–Crippen MR) is 93.7 cm³/mol. The van der Waals surface area contributed by atoms with Gasteiger partial charge in [-0.1, -0.05) is 24.3 Å². The van der Waals surface area contributed by atoms with E-state index < -0.39 is 17.2 Å². The summed E-state index contributed by atoms with van der Waals surface area (Å²) in [5, 5.41) is 5.76. The summed E-state index contributed by atoms with van der Waals surface area (Å²) in [6.07, 6.45) is 1.63. The molecule has 2 aromatic carbocycles. The number of nitrogens with one attached hydrogen (secondary N) is 1. The molecule has 0 radical (unpaired) electrons. The quantitative estimate of drug-likeness (QED) is 0.740. The second kappa shape index (κ2) is 6.56. The van der Waals surface area contributed by atoms with E-state index in [1.807, 2.05) is 18.2 Å². The molecule has 0 saturated heterocycles. The number of hydrogen-bond donors (Lipinski definition) is 2. The van der Waals surface area contributed by atoms with Crippen LogP contribution in [0.4, 0.5) is 0 Å². The van der Waals surface area contributed by atoms with E-state index >= 15 is 0 Å². The van der Waals surface area contributed by atoms with Gasteiger partial charge in [-0.2, -0.15) is 13.1 Å². The van der Waals surface area contributed by atoms with Gasteiger partial charge in [0.15, 0.2) is 0 Å². The van der Waals surface area contributed by atoms with Gasteiger partial charge in [0.1, 0.15) is 5.75 Å². The molecule has 3 aromatic rings. The summed E-state index contributed by atoms with van der Waals surface area (Å²) < 4.78 is 50.6. The molecule has 124 valence electrons. The molecule has 0 bridgehead atoms. The fourth-order valence-electron chi connectivity index (χ4n) is 2.43. The summed E-state index contributed by atoms with van der Waals surface area (Å²) in [5.41, 5.74) is 3.19. The Morgan fingerprint density at radius 1 is 1.21 bits per heavy atom. The highest BCUT2D eigenvalue weighted by molar-refractivity contribution is 7.87. The fraction of sp³-hybridized carbons (Fsp3) is 0.118. The summed E-state index contributed by atoms with van der Waals surface area (Å²) in [4.78, 5) is 4.28. The van der Waals surface area contributed by atoms with Crippen LogP contribution in [0.5, 0.6) is 5.75 Å². The van der Waals surface area contributed by atoms with Crippen LogP contribution in [0, 0.1) is 0 Å². The summed E-state index contributed by atoms with van der Waals surface area (Å²) >= 11 is 0. The average molecular weight is 346 g/mol. The molecule has 1 heterocycles. The molecule has 3 rings (SSSR count). The number of pyridine rings is 1. The normalized spacial score (nSPS) is 14.0. The fourth-order valence-corrected chi connectivity index (χ4v) is 2.80. The van der Waals surface area contributed by atoms with Gasteiger partial charge >= 0.3 is 0 Å². The minimum atomic E-state index is -3.74. The first-order valence-electron chi connectivity index (χ1n) is 8.55. The van der Waals surface area contributed by atoms with Crippen molar-refractivity contribution in [3.05, 3.63) is 60.3 Å². The van der Waals surface area contributed by atoms with E-state index in [-0.39, 0.29) is 12.3 Å². The first-order chi connectivity index (χ1) is 12.6. The van der Waals surface area contributed by atoms with Crippen LogP contribution < -0.4 is 14.6 Å². The van der Waals surface area contributed by atoms with Gasteiger partial charge in [-0.15, -0.1) is 0 Å². The SMILES string of the molecule is [2H]C([2H])([2H])Oc1ccc2c(-c3ccc(CNS(N)(=O)=O)cc3)ccnc2c1. The topological polar surface area (TPSA) is 94.3 Å². The summed E-state index contributed by atoms with van der Waals surface area (Å²) in [6, 6.07) is 14.1. The number of nitrogens with two attached hydrogens (primary N) is 1. The molecule has 24 heavy (non-hydrogen) atoms. The monoisotopic (exact) mass is 346 g/mol. The summed E-state index contributed by atoms with van der Waals surface area (Å²) in [5.74, 6) is 0.219. The van der Waals surface area contributed by atoms with Crippen LogP contribution in [0.25, 0.3) is 22.0 Å². The van der Waals surface area contributed by atoms with Crippen molar-refractivity contribution in [2.75, 3.05) is 7.04 Å². The van der Waals surface area contributed by atoms with Crippen LogP contribution in [-0.4, -0.2) is 20.4 Å². The smallest absolute Gasteiger partial charge is 0.274 e. The van der Waals surface area contributed by atoms with Gasteiger partial charge in [0.05, 0.1) is 16.7 Å². The molecule has 6 nitrogen and oxygen atoms in total. The van der Waals surface area contributed by atoms with E-state index in [0.717, 1.165) is 22.1 Å². The molecule has 0 spiro atoms. The minimum Gasteiger partial charge on any atom is -0.497 e. The largest absolute Gasteiger partial charge is 0.497 e. The third kappa shape index (κ3) is 3.70. The molecular formula is C17H17N3O3S. The minimum absolute atomic E-state index is 0.103. The number of methoxy groups -OCH3 is 1. The van der Waals surface area contributed by atoms with Gasteiger partial charge in [0.25, 0.3) is 10.2 Å². The first-order valence-corrected chi connectivity index (χ1v) is 8.60. The van der Waals surface area contributed by atoms with Crippen LogP contribution in [0.15, 0.2) is 54.7 Å². The highest BCUT2D eigenvalue weighted by Gasteiger charge is 2.07. The van der Waals surface area contributed by atoms with Crippen molar-refractivity contribution in [1.82, 2.24) is 9.71 Å². The van der Waals surface area contributed by atoms with Crippen LogP contribution in [0.2, 0.25) is 0 Å². The number of hydrogen-bond acceptors (Lipinski definition) is 4. The second-order valence-corrected chi connectivity index (χ2v) is 6.58. The zero-order valence-corrected chi connectivity index (χ0v) is 13.4. The molecule has 0 aliphatic rings. The van der Waals surface area contributed by atoms with E-state index in [1.54, 1.807) is 36.5 Å². The molecule has 0 unspecified atom stereocenters. The first kappa shape index (κ1) is 12.9. The van der Waals surface area contributed by atoms with Gasteiger partial charge in [0.2, 0.25) is 0 Å². The zero-order valence-electron chi connectivity index (χ0n) is 15.6. The van der Waals surface area contributed by atoms with Crippen molar-refractivity contribution in [3.8, 4) is 16.9 Å². The second-order valence-electron chi connectivity index (χ2n) is 5.20. The van der Waals surface area contributed by atoms with Gasteiger partial charge in [-0.05, 0) is 34.9 Å². The third-order valence-corrected chi connectivity index (χ3v) is 4.12. The average Bonchev–Trinajstić information content (AvgIpc) is 2.58. The number of aromatic nitrogens is 1. The lowest BCUT2D eigenvalue weighted by atomic mass is 10.00. The van der Waals surface area contributed by atoms with Crippen molar-refractivity contribution < 1.29 is 17.3 Å². The highest BCUT2D eigenvalue weighted by atomic mass is 32.2. The van der Waals surface area contributed by atoms with Crippen LogP contribution in [0.3, 0.4) is 0 Å². The van der Waals surface area contributed by atoms with E-state index in [1.165, 1.54) is 0 Å². The van der Waals surface area contributed by atoms with Crippen LogP contribution >= 0.6 is 0 Å². The summed E-state index contributed by atoms with van der Waals surface area (Å²) in [7, 11) is -6.26. The van der Waals surface area contributed by atoms with Gasteiger partial charge in [0, 0.05) is 24.2 Å². The molecule has 0 aliphatic heterocycles. The predicted octanol–water partition coefficient (Wildman–Crippen LogP) is 2.20. The zero-order chi connectivity index (χ0) is 19.7. The van der Waals surface area contributed by atoms with Crippen molar-refractivity contribution in [2.24, 2.45) is 5.14 Å². The highest BCUT2D eigenvalue weighted by Crippen LogP contribution is 2.29. The molecule has 1 aromatic heterocycles. The molecule has 0 amide bonds. The van der Waals surface area contributed by atoms with Gasteiger partial charge < -0.3 is 4.74 Å². The van der Waals surface area contributed by atoms with Crippen LogP contribution in [-0.2, 0) is 16.8 Å².